The highest BCUT2D eigenvalue weighted by Gasteiger charge is 2.42. The molecule has 1 amide bonds. The smallest absolute Gasteiger partial charge is 0.248 e. The van der Waals surface area contributed by atoms with E-state index in [4.69, 9.17) is 30.9 Å². The summed E-state index contributed by atoms with van der Waals surface area (Å²) in [6, 6.07) is 10.8. The second kappa shape index (κ2) is 11.0. The number of amides is 1. The second-order valence-electron chi connectivity index (χ2n) is 8.93. The third-order valence-corrected chi connectivity index (χ3v) is 6.37. The van der Waals surface area contributed by atoms with Gasteiger partial charge < -0.3 is 25.8 Å². The molecule has 3 heterocycles. The van der Waals surface area contributed by atoms with E-state index in [1.807, 2.05) is 25.1 Å². The second-order valence-corrected chi connectivity index (χ2v) is 8.93. The average Bonchev–Trinajstić information content (AvgIpc) is 2.86. The van der Waals surface area contributed by atoms with Gasteiger partial charge in [0.15, 0.2) is 5.65 Å². The molecule has 1 aliphatic heterocycles. The molecule has 1 saturated heterocycles. The first-order chi connectivity index (χ1) is 16.9. The number of anilines is 2. The summed E-state index contributed by atoms with van der Waals surface area (Å²) in [5, 5.41) is 0.704. The highest BCUT2D eigenvalue weighted by Crippen LogP contribution is 2.39. The number of nitrogens with two attached hydrogens (primary N) is 2. The van der Waals surface area contributed by atoms with Crippen LogP contribution < -0.4 is 16.4 Å². The van der Waals surface area contributed by atoms with E-state index < -0.39 is 5.91 Å². The Bertz CT molecular complexity index is 1180. The summed E-state index contributed by atoms with van der Waals surface area (Å²) < 4.78 is 11.0. The number of pyridine rings is 1. The molecule has 35 heavy (non-hydrogen) atoms. The first-order valence-electron chi connectivity index (χ1n) is 12.3. The van der Waals surface area contributed by atoms with E-state index in [1.54, 1.807) is 18.2 Å². The summed E-state index contributed by atoms with van der Waals surface area (Å²) in [5.41, 5.74) is 14.0. The van der Waals surface area contributed by atoms with E-state index in [2.05, 4.69) is 16.8 Å². The maximum absolute atomic E-state index is 11.5. The summed E-state index contributed by atoms with van der Waals surface area (Å²) >= 11 is 0. The highest BCUT2D eigenvalue weighted by atomic mass is 16.5. The van der Waals surface area contributed by atoms with Gasteiger partial charge in [-0.2, -0.15) is 9.97 Å². The zero-order valence-corrected chi connectivity index (χ0v) is 20.5. The molecule has 5 rings (SSSR count). The molecule has 0 radical (unpaired) electrons. The SMILES string of the molecule is CCCOCC.NC(=O)c1cccc(-c2ccc3c(N)nc(N4CCOC5(CCC5)C4)nc3n2)c1. The van der Waals surface area contributed by atoms with Crippen molar-refractivity contribution in [1.82, 2.24) is 15.0 Å². The number of carbonyl (C=O) groups is 1. The molecular formula is C26H34N6O3. The van der Waals surface area contributed by atoms with Crippen LogP contribution in [-0.2, 0) is 9.47 Å². The van der Waals surface area contributed by atoms with Gasteiger partial charge in [-0.3, -0.25) is 4.79 Å². The number of nitrogens with zero attached hydrogens (tertiary/aromatic N) is 4. The van der Waals surface area contributed by atoms with Gasteiger partial charge in [-0.1, -0.05) is 19.1 Å². The van der Waals surface area contributed by atoms with E-state index in [-0.39, 0.29) is 5.60 Å². The molecule has 4 N–H and O–H groups in total. The minimum atomic E-state index is -0.473. The Kier molecular flexibility index (Phi) is 7.77. The van der Waals surface area contributed by atoms with Crippen LogP contribution in [0.25, 0.3) is 22.3 Å². The standard InChI is InChI=1S/C21H22N6O2.C5H12O/c22-17-15-5-6-16(13-3-1-4-14(11-13)18(23)28)24-19(15)26-20(25-17)27-9-10-29-21(12-27)7-2-8-21;1-3-5-6-4-2/h1,3-6,11H,2,7-10,12H2,(H2,23,28)(H2,22,24,25,26);3-5H2,1-2H3. The lowest BCUT2D eigenvalue weighted by molar-refractivity contribution is -0.107. The van der Waals surface area contributed by atoms with E-state index in [0.29, 0.717) is 40.7 Å². The van der Waals surface area contributed by atoms with Gasteiger partial charge in [0.2, 0.25) is 11.9 Å². The van der Waals surface area contributed by atoms with Crippen LogP contribution in [-0.4, -0.2) is 59.4 Å². The molecule has 186 valence electrons. The fraction of sp³-hybridized carbons (Fsp3) is 0.462. The van der Waals surface area contributed by atoms with Crippen molar-refractivity contribution in [2.45, 2.75) is 45.1 Å². The summed E-state index contributed by atoms with van der Waals surface area (Å²) in [7, 11) is 0. The van der Waals surface area contributed by atoms with E-state index in [9.17, 15) is 4.79 Å². The average molecular weight is 479 g/mol. The van der Waals surface area contributed by atoms with Crippen molar-refractivity contribution in [3.8, 4) is 11.3 Å². The van der Waals surface area contributed by atoms with Crippen LogP contribution in [0.3, 0.4) is 0 Å². The van der Waals surface area contributed by atoms with Crippen LogP contribution in [0.5, 0.6) is 0 Å². The lowest BCUT2D eigenvalue weighted by atomic mass is 9.79. The van der Waals surface area contributed by atoms with Crippen molar-refractivity contribution in [2.24, 2.45) is 5.73 Å². The molecular weight excluding hydrogens is 444 g/mol. The third-order valence-electron chi connectivity index (χ3n) is 6.37. The van der Waals surface area contributed by atoms with Crippen LogP contribution in [0.4, 0.5) is 11.8 Å². The molecule has 2 aromatic heterocycles. The number of fused-ring (bicyclic) bond motifs is 1. The number of aromatic nitrogens is 3. The molecule has 0 unspecified atom stereocenters. The number of morpholine rings is 1. The molecule has 2 fully saturated rings. The van der Waals surface area contributed by atoms with Gasteiger partial charge in [0.1, 0.15) is 5.82 Å². The molecule has 1 saturated carbocycles. The fourth-order valence-corrected chi connectivity index (χ4v) is 4.33. The van der Waals surface area contributed by atoms with Gasteiger partial charge in [0.25, 0.3) is 0 Å². The van der Waals surface area contributed by atoms with Crippen molar-refractivity contribution in [3.05, 3.63) is 42.0 Å². The van der Waals surface area contributed by atoms with E-state index in [1.165, 1.54) is 6.42 Å². The summed E-state index contributed by atoms with van der Waals surface area (Å²) in [5.74, 6) is 0.517. The molecule has 1 aromatic carbocycles. The quantitative estimate of drug-likeness (QED) is 0.515. The van der Waals surface area contributed by atoms with Crippen LogP contribution in [0.1, 0.15) is 49.9 Å². The summed E-state index contributed by atoms with van der Waals surface area (Å²) in [6.45, 7) is 8.05. The Morgan fingerprint density at radius 3 is 2.66 bits per heavy atom. The number of ether oxygens (including phenoxy) is 2. The van der Waals surface area contributed by atoms with Crippen molar-refractivity contribution in [3.63, 3.8) is 0 Å². The molecule has 1 spiro atoms. The Balaban J connectivity index is 0.000000431. The Morgan fingerprint density at radius 2 is 2.00 bits per heavy atom. The third kappa shape index (κ3) is 5.68. The predicted octanol–water partition coefficient (Wildman–Crippen LogP) is 3.57. The summed E-state index contributed by atoms with van der Waals surface area (Å²) in [4.78, 5) is 27.6. The highest BCUT2D eigenvalue weighted by molar-refractivity contribution is 5.94. The first kappa shape index (κ1) is 24.8. The number of rotatable bonds is 6. The fourth-order valence-electron chi connectivity index (χ4n) is 4.33. The van der Waals surface area contributed by atoms with Gasteiger partial charge in [-0.25, -0.2) is 4.98 Å². The van der Waals surface area contributed by atoms with Crippen LogP contribution >= 0.6 is 0 Å². The maximum Gasteiger partial charge on any atom is 0.248 e. The van der Waals surface area contributed by atoms with Crippen molar-refractivity contribution in [1.29, 1.82) is 0 Å². The Morgan fingerprint density at radius 1 is 1.17 bits per heavy atom. The normalized spacial score (nSPS) is 16.5. The molecule has 0 bridgehead atoms. The van der Waals surface area contributed by atoms with Gasteiger partial charge in [0.05, 0.1) is 23.3 Å². The van der Waals surface area contributed by atoms with Gasteiger partial charge in [-0.05, 0) is 56.9 Å². The van der Waals surface area contributed by atoms with Gasteiger partial charge in [-0.15, -0.1) is 0 Å². The predicted molar refractivity (Wildman–Crippen MR) is 137 cm³/mol. The van der Waals surface area contributed by atoms with Crippen LogP contribution in [0.15, 0.2) is 36.4 Å². The Hall–Kier alpha value is -3.30. The zero-order valence-electron chi connectivity index (χ0n) is 20.5. The number of benzene rings is 1. The minimum Gasteiger partial charge on any atom is -0.383 e. The Labute approximate surface area is 205 Å². The number of hydrogen-bond acceptors (Lipinski definition) is 8. The molecule has 9 heteroatoms. The van der Waals surface area contributed by atoms with Crippen LogP contribution in [0, 0.1) is 0 Å². The van der Waals surface area contributed by atoms with E-state index in [0.717, 1.165) is 51.1 Å². The number of carbonyl (C=O) groups excluding carboxylic acids is 1. The summed E-state index contributed by atoms with van der Waals surface area (Å²) in [6.07, 6.45) is 4.48. The largest absolute Gasteiger partial charge is 0.383 e. The number of nitrogen functional groups attached to an aromatic ring is 1. The number of primary amides is 1. The van der Waals surface area contributed by atoms with Gasteiger partial charge >= 0.3 is 0 Å². The lowest BCUT2D eigenvalue weighted by Crippen LogP contribution is -2.56. The first-order valence-corrected chi connectivity index (χ1v) is 12.3. The lowest BCUT2D eigenvalue weighted by Gasteiger charge is -2.48. The van der Waals surface area contributed by atoms with Crippen LogP contribution in [0.2, 0.25) is 0 Å². The molecule has 2 aliphatic rings. The number of hydrogen-bond donors (Lipinski definition) is 2. The molecule has 1 aliphatic carbocycles. The molecule has 3 aromatic rings. The monoisotopic (exact) mass is 478 g/mol. The van der Waals surface area contributed by atoms with Gasteiger partial charge in [0, 0.05) is 37.4 Å². The minimum absolute atomic E-state index is 0.0597. The molecule has 9 nitrogen and oxygen atoms in total. The molecule has 0 atom stereocenters. The van der Waals surface area contributed by atoms with Crippen molar-refractivity contribution < 1.29 is 14.3 Å². The topological polar surface area (TPSA) is 129 Å². The van der Waals surface area contributed by atoms with Crippen molar-refractivity contribution in [2.75, 3.05) is 43.5 Å². The van der Waals surface area contributed by atoms with Crippen molar-refractivity contribution >= 4 is 28.7 Å². The zero-order chi connectivity index (χ0) is 24.8. The maximum atomic E-state index is 11.5. The van der Waals surface area contributed by atoms with E-state index >= 15 is 0 Å².